The molecule has 1 atom stereocenters. The van der Waals surface area contributed by atoms with Crippen LogP contribution < -0.4 is 10.2 Å². The highest BCUT2D eigenvalue weighted by atomic mass is 19.3. The van der Waals surface area contributed by atoms with Gasteiger partial charge in [0.05, 0.1) is 28.2 Å². The first-order valence-electron chi connectivity index (χ1n) is 11.9. The Kier molecular flexibility index (Phi) is 6.06. The summed E-state index contributed by atoms with van der Waals surface area (Å²) in [5.41, 5.74) is -1.80. The van der Waals surface area contributed by atoms with Crippen LogP contribution in [-0.4, -0.2) is 33.1 Å². The predicted molar refractivity (Wildman–Crippen MR) is 134 cm³/mol. The molecule has 0 saturated heterocycles. The van der Waals surface area contributed by atoms with Crippen LogP contribution in [-0.2, 0) is 16.1 Å². The van der Waals surface area contributed by atoms with E-state index in [-0.39, 0.29) is 11.5 Å². The number of rotatable bonds is 6. The van der Waals surface area contributed by atoms with Gasteiger partial charge in [-0.2, -0.15) is 8.78 Å². The average Bonchev–Trinajstić information content (AvgIpc) is 2.96. The molecule has 2 aromatic carbocycles. The minimum Gasteiger partial charge on any atom is -0.384 e. The number of nitrogens with zero attached hydrogens (tertiary/aromatic N) is 3. The number of nitrogens with one attached hydrogen (secondary N) is 1. The van der Waals surface area contributed by atoms with Crippen molar-refractivity contribution in [1.82, 2.24) is 9.97 Å². The summed E-state index contributed by atoms with van der Waals surface area (Å²) in [6.07, 6.45) is 0. The Morgan fingerprint density at radius 2 is 1.86 bits per heavy atom. The molecule has 1 aromatic heterocycles. The summed E-state index contributed by atoms with van der Waals surface area (Å²) in [7, 11) is 0. The molecule has 0 bridgehead atoms. The number of anilines is 2. The zero-order valence-corrected chi connectivity index (χ0v) is 21.5. The molecule has 0 fully saturated rings. The SMILES string of the molecule is CCN1C(=O)C(C)(C)c2cc3c(N[C@H](C)c4cccc(C(F)(F)C(C)(C)O)c4F)nc(C)nc3cc21. The highest BCUT2D eigenvalue weighted by Gasteiger charge is 2.49. The van der Waals surface area contributed by atoms with Crippen molar-refractivity contribution in [2.24, 2.45) is 0 Å². The monoisotopic (exact) mass is 500 g/mol. The van der Waals surface area contributed by atoms with E-state index in [4.69, 9.17) is 0 Å². The zero-order valence-electron chi connectivity index (χ0n) is 21.5. The molecule has 1 amide bonds. The van der Waals surface area contributed by atoms with Gasteiger partial charge in [0.1, 0.15) is 23.1 Å². The van der Waals surface area contributed by atoms with Crippen LogP contribution in [0.4, 0.5) is 24.7 Å². The molecule has 6 nitrogen and oxygen atoms in total. The summed E-state index contributed by atoms with van der Waals surface area (Å²) in [5.74, 6) is -4.02. The van der Waals surface area contributed by atoms with Crippen molar-refractivity contribution in [3.05, 3.63) is 58.7 Å². The molecule has 36 heavy (non-hydrogen) atoms. The van der Waals surface area contributed by atoms with Crippen molar-refractivity contribution in [3.8, 4) is 0 Å². The van der Waals surface area contributed by atoms with Gasteiger partial charge >= 0.3 is 5.92 Å². The highest BCUT2D eigenvalue weighted by molar-refractivity contribution is 6.10. The second-order valence-corrected chi connectivity index (χ2v) is 10.4. The van der Waals surface area contributed by atoms with Crippen LogP contribution in [0.25, 0.3) is 10.9 Å². The summed E-state index contributed by atoms with van der Waals surface area (Å²) in [6.45, 7) is 11.4. The van der Waals surface area contributed by atoms with Crippen LogP contribution in [0.3, 0.4) is 0 Å². The maximum atomic E-state index is 15.3. The number of aliphatic hydroxyl groups is 1. The predicted octanol–water partition coefficient (Wildman–Crippen LogP) is 5.76. The Morgan fingerprint density at radius 3 is 2.47 bits per heavy atom. The first-order chi connectivity index (χ1) is 16.6. The van der Waals surface area contributed by atoms with Crippen molar-refractivity contribution in [1.29, 1.82) is 0 Å². The number of hydrogen-bond donors (Lipinski definition) is 2. The van der Waals surface area contributed by atoms with Crippen LogP contribution in [0.15, 0.2) is 30.3 Å². The number of aromatic nitrogens is 2. The van der Waals surface area contributed by atoms with E-state index in [2.05, 4.69) is 15.3 Å². The molecular weight excluding hydrogens is 469 g/mol. The molecule has 1 aliphatic rings. The Labute approximate surface area is 208 Å². The highest BCUT2D eigenvalue weighted by Crippen LogP contribution is 2.45. The lowest BCUT2D eigenvalue weighted by molar-refractivity contribution is -0.170. The normalized spacial score (nSPS) is 16.4. The lowest BCUT2D eigenvalue weighted by atomic mass is 9.85. The van der Waals surface area contributed by atoms with Crippen molar-refractivity contribution in [2.75, 3.05) is 16.8 Å². The van der Waals surface area contributed by atoms with Gasteiger partial charge < -0.3 is 15.3 Å². The summed E-state index contributed by atoms with van der Waals surface area (Å²) >= 11 is 0. The molecule has 192 valence electrons. The molecule has 0 spiro atoms. The summed E-state index contributed by atoms with van der Waals surface area (Å²) in [5, 5.41) is 13.7. The van der Waals surface area contributed by atoms with Gasteiger partial charge in [0.25, 0.3) is 0 Å². The molecule has 0 saturated carbocycles. The van der Waals surface area contributed by atoms with Gasteiger partial charge in [-0.3, -0.25) is 4.79 Å². The van der Waals surface area contributed by atoms with Gasteiger partial charge in [-0.1, -0.05) is 12.1 Å². The second-order valence-electron chi connectivity index (χ2n) is 10.4. The van der Waals surface area contributed by atoms with Crippen molar-refractivity contribution in [2.45, 2.75) is 71.4 Å². The summed E-state index contributed by atoms with van der Waals surface area (Å²) < 4.78 is 44.9. The molecule has 2 N–H and O–H groups in total. The lowest BCUT2D eigenvalue weighted by Crippen LogP contribution is -2.41. The van der Waals surface area contributed by atoms with Crippen LogP contribution in [0.2, 0.25) is 0 Å². The third kappa shape index (κ3) is 3.89. The maximum absolute atomic E-state index is 15.3. The quantitative estimate of drug-likeness (QED) is 0.450. The molecule has 9 heteroatoms. The zero-order chi connectivity index (χ0) is 26.8. The number of carbonyl (C=O) groups is 1. The third-order valence-corrected chi connectivity index (χ3v) is 6.94. The van der Waals surface area contributed by atoms with Crippen LogP contribution in [0, 0.1) is 12.7 Å². The van der Waals surface area contributed by atoms with Gasteiger partial charge in [0.2, 0.25) is 5.91 Å². The first-order valence-corrected chi connectivity index (χ1v) is 11.9. The number of likely N-dealkylation sites (N-methyl/N-ethyl adjacent to an activating group) is 1. The fraction of sp³-hybridized carbons (Fsp3) is 0.444. The van der Waals surface area contributed by atoms with Gasteiger partial charge in [0.15, 0.2) is 0 Å². The average molecular weight is 501 g/mol. The van der Waals surface area contributed by atoms with Gasteiger partial charge in [0, 0.05) is 17.5 Å². The fourth-order valence-electron chi connectivity index (χ4n) is 4.73. The van der Waals surface area contributed by atoms with Gasteiger partial charge in [-0.15, -0.1) is 0 Å². The third-order valence-electron chi connectivity index (χ3n) is 6.94. The molecule has 0 radical (unpaired) electrons. The van der Waals surface area contributed by atoms with E-state index in [1.165, 1.54) is 12.1 Å². The van der Waals surface area contributed by atoms with Crippen molar-refractivity contribution >= 4 is 28.3 Å². The summed E-state index contributed by atoms with van der Waals surface area (Å²) in [6, 6.07) is 6.74. The van der Waals surface area contributed by atoms with Gasteiger partial charge in [-0.05, 0) is 72.2 Å². The van der Waals surface area contributed by atoms with Crippen LogP contribution in [0.5, 0.6) is 0 Å². The number of halogens is 3. The van der Waals surface area contributed by atoms with E-state index in [1.54, 1.807) is 18.7 Å². The minimum atomic E-state index is -3.80. The Hall–Kier alpha value is -3.20. The van der Waals surface area contributed by atoms with E-state index in [0.717, 1.165) is 31.2 Å². The Bertz CT molecular complexity index is 1370. The van der Waals surface area contributed by atoms with Crippen molar-refractivity contribution < 1.29 is 23.1 Å². The number of aryl methyl sites for hydroxylation is 1. The number of carbonyl (C=O) groups excluding carboxylic acids is 1. The molecule has 0 aliphatic carbocycles. The number of hydrogen-bond acceptors (Lipinski definition) is 5. The topological polar surface area (TPSA) is 78.4 Å². The Balaban J connectivity index is 1.80. The fourth-order valence-corrected chi connectivity index (χ4v) is 4.73. The van der Waals surface area contributed by atoms with Crippen LogP contribution >= 0.6 is 0 Å². The minimum absolute atomic E-state index is 0.00511. The molecule has 3 aromatic rings. The van der Waals surface area contributed by atoms with E-state index in [0.29, 0.717) is 29.1 Å². The molecule has 0 unspecified atom stereocenters. The largest absolute Gasteiger partial charge is 0.384 e. The van der Waals surface area contributed by atoms with E-state index >= 15 is 4.39 Å². The standard InChI is InChI=1S/C27H31F3N4O2/c1-8-34-21-13-20-17(12-19(21)25(4,5)24(34)35)23(33-15(3)32-20)31-14(2)16-10-9-11-18(22(16)28)27(29,30)26(6,7)36/h9-14,36H,8H2,1-7H3,(H,31,32,33)/t14-/m1/s1. The number of fused-ring (bicyclic) bond motifs is 2. The second kappa shape index (κ2) is 8.44. The van der Waals surface area contributed by atoms with Crippen molar-refractivity contribution in [3.63, 3.8) is 0 Å². The van der Waals surface area contributed by atoms with E-state index in [9.17, 15) is 18.7 Å². The Morgan fingerprint density at radius 1 is 1.19 bits per heavy atom. The lowest BCUT2D eigenvalue weighted by Gasteiger charge is -2.30. The maximum Gasteiger partial charge on any atom is 0.303 e. The smallest absolute Gasteiger partial charge is 0.303 e. The molecule has 2 heterocycles. The molecular formula is C27H31F3N4O2. The number of alkyl halides is 2. The number of amides is 1. The first kappa shape index (κ1) is 25.9. The van der Waals surface area contributed by atoms with Gasteiger partial charge in [-0.25, -0.2) is 14.4 Å². The van der Waals surface area contributed by atoms with E-state index < -0.39 is 34.4 Å². The summed E-state index contributed by atoms with van der Waals surface area (Å²) in [4.78, 5) is 23.8. The van der Waals surface area contributed by atoms with E-state index in [1.807, 2.05) is 32.9 Å². The van der Waals surface area contributed by atoms with Crippen LogP contribution in [0.1, 0.15) is 70.1 Å². The number of benzene rings is 2. The molecule has 4 rings (SSSR count). The molecule has 1 aliphatic heterocycles.